The predicted octanol–water partition coefficient (Wildman–Crippen LogP) is 0.614. The first-order valence-corrected chi connectivity index (χ1v) is 11.5. The lowest BCUT2D eigenvalue weighted by Crippen LogP contribution is -2.50. The number of nitrogens with zero attached hydrogens (tertiary/aromatic N) is 7. The number of benzene rings is 1. The first-order chi connectivity index (χ1) is 15.5. The van der Waals surface area contributed by atoms with E-state index in [4.69, 9.17) is 0 Å². The van der Waals surface area contributed by atoms with E-state index in [2.05, 4.69) is 25.5 Å². The fourth-order valence-electron chi connectivity index (χ4n) is 3.79. The molecule has 0 saturated carbocycles. The summed E-state index contributed by atoms with van der Waals surface area (Å²) in [6, 6.07) is 10.9. The molecule has 5 rings (SSSR count). The summed E-state index contributed by atoms with van der Waals surface area (Å²) >= 11 is 0. The van der Waals surface area contributed by atoms with Gasteiger partial charge in [0.15, 0.2) is 0 Å². The molecule has 0 atom stereocenters. The number of aromatic amines is 1. The average molecular weight is 453 g/mol. The van der Waals surface area contributed by atoms with Crippen molar-refractivity contribution in [1.82, 2.24) is 39.4 Å². The molecule has 3 aromatic heterocycles. The van der Waals surface area contributed by atoms with Crippen LogP contribution < -0.4 is 0 Å². The van der Waals surface area contributed by atoms with Gasteiger partial charge in [-0.2, -0.15) is 4.31 Å². The van der Waals surface area contributed by atoms with Crippen LogP contribution in [0.15, 0.2) is 60.0 Å². The second kappa shape index (κ2) is 8.13. The van der Waals surface area contributed by atoms with Crippen LogP contribution in [-0.2, 0) is 21.2 Å². The molecule has 1 aliphatic heterocycles. The second-order valence-corrected chi connectivity index (χ2v) is 9.34. The Kier molecular flexibility index (Phi) is 5.15. The SMILES string of the molecule is O=C(Cc1ccc(-n2cnnn2)cc1)N1CCN(S(=O)(=O)c2c[nH]c3ncccc23)CC1. The average Bonchev–Trinajstić information content (AvgIpc) is 3.50. The first kappa shape index (κ1) is 20.3. The summed E-state index contributed by atoms with van der Waals surface area (Å²) in [6.45, 7) is 1.20. The van der Waals surface area contributed by atoms with E-state index in [-0.39, 0.29) is 30.3 Å². The van der Waals surface area contributed by atoms with Gasteiger partial charge in [-0.25, -0.2) is 18.1 Å². The lowest BCUT2D eigenvalue weighted by atomic mass is 10.1. The highest BCUT2D eigenvalue weighted by molar-refractivity contribution is 7.89. The molecule has 32 heavy (non-hydrogen) atoms. The monoisotopic (exact) mass is 452 g/mol. The van der Waals surface area contributed by atoms with E-state index in [1.807, 2.05) is 24.3 Å². The number of carbonyl (C=O) groups excluding carboxylic acids is 1. The van der Waals surface area contributed by atoms with Crippen LogP contribution in [0.1, 0.15) is 5.56 Å². The third-order valence-electron chi connectivity index (χ3n) is 5.53. The Morgan fingerprint density at radius 2 is 1.84 bits per heavy atom. The van der Waals surface area contributed by atoms with Gasteiger partial charge in [-0.15, -0.1) is 5.10 Å². The quantitative estimate of drug-likeness (QED) is 0.470. The van der Waals surface area contributed by atoms with Crippen LogP contribution in [0.25, 0.3) is 16.7 Å². The molecule has 1 aromatic carbocycles. The third-order valence-corrected chi connectivity index (χ3v) is 7.47. The molecule has 164 valence electrons. The minimum atomic E-state index is -3.67. The molecular weight excluding hydrogens is 432 g/mol. The van der Waals surface area contributed by atoms with E-state index in [1.165, 1.54) is 21.5 Å². The van der Waals surface area contributed by atoms with Crippen LogP contribution in [0, 0.1) is 0 Å². The number of fused-ring (bicyclic) bond motifs is 1. The maximum Gasteiger partial charge on any atom is 0.245 e. The van der Waals surface area contributed by atoms with E-state index in [0.29, 0.717) is 24.1 Å². The number of aromatic nitrogens is 6. The van der Waals surface area contributed by atoms with Crippen LogP contribution in [0.5, 0.6) is 0 Å². The highest BCUT2D eigenvalue weighted by Crippen LogP contribution is 2.25. The number of carbonyl (C=O) groups is 1. The summed E-state index contributed by atoms with van der Waals surface area (Å²) in [5, 5.41) is 11.6. The Morgan fingerprint density at radius 3 is 2.56 bits per heavy atom. The van der Waals surface area contributed by atoms with Gasteiger partial charge in [-0.1, -0.05) is 12.1 Å². The Bertz CT molecular complexity index is 1340. The Balaban J connectivity index is 1.22. The number of pyridine rings is 1. The Morgan fingerprint density at radius 1 is 1.06 bits per heavy atom. The van der Waals surface area contributed by atoms with Gasteiger partial charge < -0.3 is 9.88 Å². The summed E-state index contributed by atoms with van der Waals surface area (Å²) < 4.78 is 29.2. The summed E-state index contributed by atoms with van der Waals surface area (Å²) in [6.07, 6.45) is 4.83. The van der Waals surface area contributed by atoms with Crippen molar-refractivity contribution in [2.75, 3.05) is 26.2 Å². The van der Waals surface area contributed by atoms with Gasteiger partial charge in [0.05, 0.1) is 12.1 Å². The zero-order chi connectivity index (χ0) is 22.1. The van der Waals surface area contributed by atoms with Crippen LogP contribution in [-0.4, -0.2) is 79.9 Å². The van der Waals surface area contributed by atoms with Crippen LogP contribution in [0.4, 0.5) is 0 Å². The normalized spacial score (nSPS) is 15.3. The minimum absolute atomic E-state index is 0.0338. The molecule has 4 aromatic rings. The number of nitrogens with one attached hydrogen (secondary N) is 1. The minimum Gasteiger partial charge on any atom is -0.345 e. The molecule has 4 heterocycles. The zero-order valence-corrected chi connectivity index (χ0v) is 17.8. The van der Waals surface area contributed by atoms with Gasteiger partial charge in [-0.05, 0) is 40.3 Å². The molecule has 0 bridgehead atoms. The second-order valence-electron chi connectivity index (χ2n) is 7.43. The molecule has 1 saturated heterocycles. The van der Waals surface area contributed by atoms with E-state index in [1.54, 1.807) is 23.2 Å². The van der Waals surface area contributed by atoms with E-state index < -0.39 is 10.0 Å². The van der Waals surface area contributed by atoms with Gasteiger partial charge in [0.1, 0.15) is 16.9 Å². The Hall–Kier alpha value is -3.64. The number of amides is 1. The van der Waals surface area contributed by atoms with Crippen LogP contribution in [0.3, 0.4) is 0 Å². The van der Waals surface area contributed by atoms with Crippen LogP contribution >= 0.6 is 0 Å². The number of hydrogen-bond donors (Lipinski definition) is 1. The number of hydrogen-bond acceptors (Lipinski definition) is 7. The van der Waals surface area contributed by atoms with Gasteiger partial charge in [0.25, 0.3) is 0 Å². The van der Waals surface area contributed by atoms with Crippen molar-refractivity contribution < 1.29 is 13.2 Å². The maximum absolute atomic E-state index is 13.1. The number of H-pyrrole nitrogens is 1. The van der Waals surface area contributed by atoms with Gasteiger partial charge in [0.2, 0.25) is 15.9 Å². The largest absolute Gasteiger partial charge is 0.345 e. The molecule has 12 heteroatoms. The zero-order valence-electron chi connectivity index (χ0n) is 17.0. The van der Waals surface area contributed by atoms with Crippen molar-refractivity contribution in [3.05, 3.63) is 60.7 Å². The van der Waals surface area contributed by atoms with E-state index in [0.717, 1.165) is 11.3 Å². The molecule has 1 fully saturated rings. The fourth-order valence-corrected chi connectivity index (χ4v) is 5.37. The molecule has 0 aliphatic carbocycles. The summed E-state index contributed by atoms with van der Waals surface area (Å²) in [5.74, 6) is -0.0338. The van der Waals surface area contributed by atoms with Gasteiger partial charge in [0, 0.05) is 44.0 Å². The van der Waals surface area contributed by atoms with Crippen LogP contribution in [0.2, 0.25) is 0 Å². The third kappa shape index (κ3) is 3.74. The summed E-state index contributed by atoms with van der Waals surface area (Å²) in [4.78, 5) is 21.7. The van der Waals surface area contributed by atoms with E-state index >= 15 is 0 Å². The smallest absolute Gasteiger partial charge is 0.245 e. The van der Waals surface area contributed by atoms with E-state index in [9.17, 15) is 13.2 Å². The van der Waals surface area contributed by atoms with Crippen molar-refractivity contribution in [2.24, 2.45) is 0 Å². The molecular formula is C20H20N8O3S. The summed E-state index contributed by atoms with van der Waals surface area (Å²) in [5.41, 5.74) is 2.21. The maximum atomic E-state index is 13.1. The van der Waals surface area contributed by atoms with Crippen molar-refractivity contribution in [1.29, 1.82) is 0 Å². The standard InChI is InChI=1S/C20H20N8O3S/c29-19(12-15-3-5-16(6-4-15)28-14-23-24-25-28)26-8-10-27(11-9-26)32(30,31)18-13-22-20-17(18)2-1-7-21-20/h1-7,13-14H,8-12H2,(H,21,22). The summed E-state index contributed by atoms with van der Waals surface area (Å²) in [7, 11) is -3.67. The fraction of sp³-hybridized carbons (Fsp3) is 0.250. The molecule has 0 spiro atoms. The first-order valence-electron chi connectivity index (χ1n) is 10.0. The van der Waals surface area contributed by atoms with Crippen molar-refractivity contribution in [3.63, 3.8) is 0 Å². The highest BCUT2D eigenvalue weighted by Gasteiger charge is 2.31. The van der Waals surface area contributed by atoms with Crippen molar-refractivity contribution in [3.8, 4) is 5.69 Å². The van der Waals surface area contributed by atoms with Crippen molar-refractivity contribution >= 4 is 27.0 Å². The molecule has 11 nitrogen and oxygen atoms in total. The predicted molar refractivity (Wildman–Crippen MR) is 114 cm³/mol. The number of rotatable bonds is 5. The number of piperazine rings is 1. The number of tetrazole rings is 1. The molecule has 0 radical (unpaired) electrons. The molecule has 1 amide bonds. The number of sulfonamides is 1. The molecule has 0 unspecified atom stereocenters. The van der Waals surface area contributed by atoms with Gasteiger partial charge in [-0.3, -0.25) is 4.79 Å². The molecule has 1 aliphatic rings. The van der Waals surface area contributed by atoms with Gasteiger partial charge >= 0.3 is 0 Å². The van der Waals surface area contributed by atoms with Crippen molar-refractivity contribution in [2.45, 2.75) is 11.3 Å². The topological polar surface area (TPSA) is 130 Å². The lowest BCUT2D eigenvalue weighted by molar-refractivity contribution is -0.131. The Labute approximate surface area is 183 Å². The highest BCUT2D eigenvalue weighted by atomic mass is 32.2. The lowest BCUT2D eigenvalue weighted by Gasteiger charge is -2.34. The molecule has 1 N–H and O–H groups in total.